The molecule has 3 aromatic carbocycles. The van der Waals surface area contributed by atoms with Crippen LogP contribution in [0.3, 0.4) is 0 Å². The monoisotopic (exact) mass is 375 g/mol. The van der Waals surface area contributed by atoms with Crippen molar-refractivity contribution in [2.75, 3.05) is 0 Å². The molecule has 1 aliphatic rings. The predicted molar refractivity (Wildman–Crippen MR) is 115 cm³/mol. The summed E-state index contributed by atoms with van der Waals surface area (Å²) >= 11 is 0. The van der Waals surface area contributed by atoms with E-state index < -0.39 is 0 Å². The van der Waals surface area contributed by atoms with E-state index in [1.807, 2.05) is 96.6 Å². The van der Waals surface area contributed by atoms with Gasteiger partial charge in [0, 0.05) is 23.7 Å². The lowest BCUT2D eigenvalue weighted by Crippen LogP contribution is -2.06. The zero-order valence-corrected chi connectivity index (χ0v) is 15.8. The normalized spacial score (nSPS) is 14.6. The van der Waals surface area contributed by atoms with E-state index in [9.17, 15) is 5.26 Å². The molecule has 138 valence electrons. The molecule has 4 heteroatoms. The molecule has 0 spiro atoms. The standard InChI is InChI=1S/C25H17N3O/c1-28-22-13-7-6-12-21(22)27-25(28)20(16-26)19-15-24(17-9-3-2-4-10-17)29-23-14-8-5-11-18(19)23/h2-15H,1H3. The number of hydrogen-bond donors (Lipinski definition) is 0. The van der Waals surface area contributed by atoms with Gasteiger partial charge in [-0.05, 0) is 24.3 Å². The second kappa shape index (κ2) is 6.81. The Morgan fingerprint density at radius 3 is 2.45 bits per heavy atom. The first-order valence-electron chi connectivity index (χ1n) is 9.37. The van der Waals surface area contributed by atoms with E-state index in [1.165, 1.54) is 0 Å². The highest BCUT2D eigenvalue weighted by Crippen LogP contribution is 2.40. The lowest BCUT2D eigenvalue weighted by atomic mass is 9.95. The van der Waals surface area contributed by atoms with Gasteiger partial charge in [-0.15, -0.1) is 0 Å². The van der Waals surface area contributed by atoms with E-state index >= 15 is 0 Å². The molecule has 0 aliphatic carbocycles. The molecule has 0 bridgehead atoms. The summed E-state index contributed by atoms with van der Waals surface area (Å²) in [6.07, 6.45) is 1.94. The number of rotatable bonds is 2. The first-order valence-corrected chi connectivity index (χ1v) is 9.37. The van der Waals surface area contributed by atoms with E-state index in [-0.39, 0.29) is 0 Å². The lowest BCUT2D eigenvalue weighted by Gasteiger charge is -2.21. The third-order valence-electron chi connectivity index (χ3n) is 5.12. The van der Waals surface area contributed by atoms with Gasteiger partial charge in [-0.3, -0.25) is 0 Å². The maximum atomic E-state index is 10.1. The first kappa shape index (κ1) is 17.0. The van der Waals surface area contributed by atoms with Gasteiger partial charge in [-0.2, -0.15) is 5.26 Å². The van der Waals surface area contributed by atoms with Crippen LogP contribution in [0, 0.1) is 11.3 Å². The smallest absolute Gasteiger partial charge is 0.152 e. The van der Waals surface area contributed by atoms with Crippen molar-refractivity contribution in [1.29, 1.82) is 5.26 Å². The quantitative estimate of drug-likeness (QED) is 0.438. The summed E-state index contributed by atoms with van der Waals surface area (Å²) in [5.41, 5.74) is 5.03. The van der Waals surface area contributed by atoms with Crippen molar-refractivity contribution < 1.29 is 4.74 Å². The topological polar surface area (TPSA) is 50.8 Å². The Morgan fingerprint density at radius 1 is 0.931 bits per heavy atom. The van der Waals surface area contributed by atoms with Gasteiger partial charge in [0.1, 0.15) is 23.2 Å². The van der Waals surface area contributed by atoms with Crippen molar-refractivity contribution in [2.45, 2.75) is 0 Å². The molecule has 0 N–H and O–H groups in total. The third kappa shape index (κ3) is 2.81. The van der Waals surface area contributed by atoms with Gasteiger partial charge >= 0.3 is 0 Å². The molecule has 4 aromatic rings. The SMILES string of the molecule is Cn1c(C(C#N)=C2C=C(c3ccccc3)Oc3ccccc32)nc2ccccc21. The zero-order valence-electron chi connectivity index (χ0n) is 15.8. The van der Waals surface area contributed by atoms with Crippen LogP contribution in [0.1, 0.15) is 17.0 Å². The third-order valence-corrected chi connectivity index (χ3v) is 5.12. The van der Waals surface area contributed by atoms with E-state index in [2.05, 4.69) is 6.07 Å². The Bertz CT molecular complexity index is 1340. The summed E-state index contributed by atoms with van der Waals surface area (Å²) in [7, 11) is 1.94. The number of fused-ring (bicyclic) bond motifs is 2. The van der Waals surface area contributed by atoms with Crippen LogP contribution in [0.4, 0.5) is 0 Å². The fourth-order valence-electron chi connectivity index (χ4n) is 3.69. The lowest BCUT2D eigenvalue weighted by molar-refractivity contribution is 0.509. The van der Waals surface area contributed by atoms with Gasteiger partial charge in [-0.1, -0.05) is 60.7 Å². The summed E-state index contributed by atoms with van der Waals surface area (Å²) in [5.74, 6) is 2.09. The fourth-order valence-corrected chi connectivity index (χ4v) is 3.69. The number of benzene rings is 3. The second-order valence-electron chi connectivity index (χ2n) is 6.86. The van der Waals surface area contributed by atoms with Crippen LogP contribution in [0.25, 0.3) is 27.9 Å². The number of imidazole rings is 1. The van der Waals surface area contributed by atoms with Gasteiger partial charge in [-0.25, -0.2) is 4.98 Å². The van der Waals surface area contributed by atoms with Crippen molar-refractivity contribution in [1.82, 2.24) is 9.55 Å². The molecular formula is C25H17N3O. The van der Waals surface area contributed by atoms with Crippen LogP contribution in [0.5, 0.6) is 5.75 Å². The minimum absolute atomic E-state index is 0.521. The Balaban J connectivity index is 1.80. The van der Waals surface area contributed by atoms with Crippen molar-refractivity contribution in [3.05, 3.63) is 102 Å². The molecule has 0 fully saturated rings. The molecule has 0 saturated heterocycles. The Morgan fingerprint density at radius 2 is 1.66 bits per heavy atom. The number of nitrogens with zero attached hydrogens (tertiary/aromatic N) is 3. The second-order valence-corrected chi connectivity index (χ2v) is 6.86. The molecule has 0 radical (unpaired) electrons. The highest BCUT2D eigenvalue weighted by atomic mass is 16.5. The average molecular weight is 375 g/mol. The van der Waals surface area contributed by atoms with Crippen LogP contribution >= 0.6 is 0 Å². The van der Waals surface area contributed by atoms with Crippen LogP contribution in [0.15, 0.2) is 84.9 Å². The van der Waals surface area contributed by atoms with Crippen molar-refractivity contribution in [3.63, 3.8) is 0 Å². The average Bonchev–Trinajstić information content (AvgIpc) is 3.11. The molecule has 5 rings (SSSR count). The maximum absolute atomic E-state index is 10.1. The number of allylic oxidation sites excluding steroid dienone is 3. The Kier molecular flexibility index (Phi) is 4.00. The molecule has 1 aliphatic heterocycles. The Hall–Kier alpha value is -4.10. The van der Waals surface area contributed by atoms with Crippen LogP contribution < -0.4 is 4.74 Å². The molecule has 1 aromatic heterocycles. The number of para-hydroxylation sites is 3. The maximum Gasteiger partial charge on any atom is 0.152 e. The molecule has 0 amide bonds. The number of ether oxygens (including phenoxy) is 1. The zero-order chi connectivity index (χ0) is 19.8. The summed E-state index contributed by atoms with van der Waals surface area (Å²) in [6.45, 7) is 0. The minimum Gasteiger partial charge on any atom is -0.456 e. The van der Waals surface area contributed by atoms with E-state index in [0.717, 1.165) is 33.5 Å². The van der Waals surface area contributed by atoms with E-state index in [0.29, 0.717) is 17.2 Å². The summed E-state index contributed by atoms with van der Waals surface area (Å²) in [5, 5.41) is 10.1. The number of nitriles is 1. The highest BCUT2D eigenvalue weighted by molar-refractivity contribution is 6.05. The molecular weight excluding hydrogens is 358 g/mol. The van der Waals surface area contributed by atoms with Crippen molar-refractivity contribution >= 4 is 27.9 Å². The molecule has 0 atom stereocenters. The van der Waals surface area contributed by atoms with Crippen molar-refractivity contribution in [2.24, 2.45) is 7.05 Å². The number of hydrogen-bond acceptors (Lipinski definition) is 3. The van der Waals surface area contributed by atoms with Gasteiger partial charge in [0.2, 0.25) is 0 Å². The predicted octanol–water partition coefficient (Wildman–Crippen LogP) is 5.44. The molecule has 0 unspecified atom stereocenters. The molecule has 0 saturated carbocycles. The molecule has 4 nitrogen and oxygen atoms in total. The first-order chi connectivity index (χ1) is 14.3. The summed E-state index contributed by atoms with van der Waals surface area (Å²) in [6, 6.07) is 28.0. The number of aromatic nitrogens is 2. The highest BCUT2D eigenvalue weighted by Gasteiger charge is 2.23. The summed E-state index contributed by atoms with van der Waals surface area (Å²) in [4.78, 5) is 4.74. The van der Waals surface area contributed by atoms with Crippen molar-refractivity contribution in [3.8, 4) is 11.8 Å². The fraction of sp³-hybridized carbons (Fsp3) is 0.0400. The number of aryl methyl sites for hydroxylation is 1. The van der Waals surface area contributed by atoms with Crippen LogP contribution in [0.2, 0.25) is 0 Å². The Labute approximate surface area is 168 Å². The summed E-state index contributed by atoms with van der Waals surface area (Å²) < 4.78 is 8.13. The van der Waals surface area contributed by atoms with E-state index in [4.69, 9.17) is 9.72 Å². The van der Waals surface area contributed by atoms with Gasteiger partial charge < -0.3 is 9.30 Å². The minimum atomic E-state index is 0.521. The largest absolute Gasteiger partial charge is 0.456 e. The van der Waals surface area contributed by atoms with Crippen LogP contribution in [-0.2, 0) is 7.05 Å². The van der Waals surface area contributed by atoms with E-state index in [1.54, 1.807) is 0 Å². The van der Waals surface area contributed by atoms with Crippen LogP contribution in [-0.4, -0.2) is 9.55 Å². The van der Waals surface area contributed by atoms with Gasteiger partial charge in [0.05, 0.1) is 11.0 Å². The van der Waals surface area contributed by atoms with Gasteiger partial charge in [0.15, 0.2) is 5.82 Å². The molecule has 2 heterocycles. The van der Waals surface area contributed by atoms with Gasteiger partial charge in [0.25, 0.3) is 0 Å². The molecule has 29 heavy (non-hydrogen) atoms.